The third-order valence-corrected chi connectivity index (χ3v) is 2.36. The van der Waals surface area contributed by atoms with Crippen LogP contribution in [0.2, 0.25) is 0 Å². The number of nitrogens with zero attached hydrogens (tertiary/aromatic N) is 4. The lowest BCUT2D eigenvalue weighted by molar-refractivity contribution is 0.538. The molecule has 2 aromatic rings. The Kier molecular flexibility index (Phi) is 4.67. The minimum Gasteiger partial charge on any atom is -0.341 e. The molecule has 0 saturated carbocycles. The van der Waals surface area contributed by atoms with Crippen molar-refractivity contribution in [2.45, 2.75) is 40.7 Å². The SMILES string of the molecule is CC.Cc1ncc(-c2c(C#N)cnn2C(C)C)[nH]1. The van der Waals surface area contributed by atoms with E-state index in [2.05, 4.69) is 21.1 Å². The van der Waals surface area contributed by atoms with E-state index in [1.807, 2.05) is 39.3 Å². The zero-order chi connectivity index (χ0) is 13.7. The summed E-state index contributed by atoms with van der Waals surface area (Å²) in [6, 6.07) is 2.36. The second kappa shape index (κ2) is 6.01. The first kappa shape index (κ1) is 14.0. The Bertz CT molecular complexity index is 542. The molecule has 0 aliphatic heterocycles. The van der Waals surface area contributed by atoms with Gasteiger partial charge in [-0.15, -0.1) is 0 Å². The predicted molar refractivity (Wildman–Crippen MR) is 71.0 cm³/mol. The van der Waals surface area contributed by atoms with E-state index in [-0.39, 0.29) is 6.04 Å². The molecule has 5 nitrogen and oxygen atoms in total. The maximum absolute atomic E-state index is 9.04. The van der Waals surface area contributed by atoms with E-state index in [4.69, 9.17) is 5.26 Å². The zero-order valence-electron chi connectivity index (χ0n) is 11.5. The van der Waals surface area contributed by atoms with Gasteiger partial charge in [0.25, 0.3) is 0 Å². The fourth-order valence-electron chi connectivity index (χ4n) is 1.65. The van der Waals surface area contributed by atoms with Crippen LogP contribution in [-0.2, 0) is 0 Å². The van der Waals surface area contributed by atoms with E-state index in [0.29, 0.717) is 5.56 Å². The van der Waals surface area contributed by atoms with Crippen LogP contribution in [0.5, 0.6) is 0 Å². The lowest BCUT2D eigenvalue weighted by Gasteiger charge is -2.09. The third kappa shape index (κ3) is 2.59. The molecule has 96 valence electrons. The van der Waals surface area contributed by atoms with Crippen LogP contribution in [0.1, 0.15) is 45.1 Å². The summed E-state index contributed by atoms with van der Waals surface area (Å²) in [5, 5.41) is 13.3. The molecule has 2 heterocycles. The van der Waals surface area contributed by atoms with E-state index in [9.17, 15) is 0 Å². The molecule has 0 aromatic carbocycles. The fraction of sp³-hybridized carbons (Fsp3) is 0.462. The van der Waals surface area contributed by atoms with Gasteiger partial charge in [0.15, 0.2) is 0 Å². The van der Waals surface area contributed by atoms with Gasteiger partial charge in [-0.25, -0.2) is 4.98 Å². The Hall–Kier alpha value is -2.09. The molecule has 18 heavy (non-hydrogen) atoms. The van der Waals surface area contributed by atoms with Gasteiger partial charge in [-0.3, -0.25) is 4.68 Å². The largest absolute Gasteiger partial charge is 0.341 e. The van der Waals surface area contributed by atoms with Gasteiger partial charge in [0.1, 0.15) is 17.6 Å². The second-order valence-electron chi connectivity index (χ2n) is 3.94. The summed E-state index contributed by atoms with van der Waals surface area (Å²) in [5.41, 5.74) is 2.20. The highest BCUT2D eigenvalue weighted by Crippen LogP contribution is 2.24. The van der Waals surface area contributed by atoms with Crippen LogP contribution in [0.3, 0.4) is 0 Å². The number of hydrogen-bond acceptors (Lipinski definition) is 3. The second-order valence-corrected chi connectivity index (χ2v) is 3.94. The van der Waals surface area contributed by atoms with Crippen molar-refractivity contribution in [2.24, 2.45) is 0 Å². The predicted octanol–water partition coefficient (Wildman–Crippen LogP) is 3.06. The van der Waals surface area contributed by atoms with Crippen molar-refractivity contribution in [1.82, 2.24) is 19.7 Å². The van der Waals surface area contributed by atoms with E-state index in [1.165, 1.54) is 0 Å². The topological polar surface area (TPSA) is 70.3 Å². The Labute approximate surface area is 107 Å². The van der Waals surface area contributed by atoms with E-state index in [1.54, 1.807) is 12.4 Å². The molecule has 0 fully saturated rings. The monoisotopic (exact) mass is 245 g/mol. The number of aromatic amines is 1. The van der Waals surface area contributed by atoms with Crippen LogP contribution in [-0.4, -0.2) is 19.7 Å². The Balaban J connectivity index is 0.000000771. The highest BCUT2D eigenvalue weighted by atomic mass is 15.3. The average molecular weight is 245 g/mol. The average Bonchev–Trinajstić information content (AvgIpc) is 2.96. The molecular weight excluding hydrogens is 226 g/mol. The van der Waals surface area contributed by atoms with Crippen molar-refractivity contribution in [3.63, 3.8) is 0 Å². The molecule has 5 heteroatoms. The van der Waals surface area contributed by atoms with E-state index in [0.717, 1.165) is 17.2 Å². The first-order valence-electron chi connectivity index (χ1n) is 6.13. The van der Waals surface area contributed by atoms with Crippen LogP contribution < -0.4 is 0 Å². The molecule has 0 unspecified atom stereocenters. The quantitative estimate of drug-likeness (QED) is 0.883. The van der Waals surface area contributed by atoms with Gasteiger partial charge >= 0.3 is 0 Å². The maximum atomic E-state index is 9.04. The molecule has 2 rings (SSSR count). The summed E-state index contributed by atoms with van der Waals surface area (Å²) in [4.78, 5) is 7.27. The van der Waals surface area contributed by atoms with Gasteiger partial charge in [0.2, 0.25) is 0 Å². The van der Waals surface area contributed by atoms with Crippen LogP contribution in [0.25, 0.3) is 11.4 Å². The lowest BCUT2D eigenvalue weighted by Crippen LogP contribution is -2.05. The number of hydrogen-bond donors (Lipinski definition) is 1. The number of imidazole rings is 1. The molecule has 0 saturated heterocycles. The molecule has 0 atom stereocenters. The fourth-order valence-corrected chi connectivity index (χ4v) is 1.65. The third-order valence-electron chi connectivity index (χ3n) is 2.36. The summed E-state index contributed by atoms with van der Waals surface area (Å²) in [7, 11) is 0. The van der Waals surface area contributed by atoms with Crippen LogP contribution >= 0.6 is 0 Å². The van der Waals surface area contributed by atoms with Gasteiger partial charge in [-0.1, -0.05) is 13.8 Å². The molecule has 0 bridgehead atoms. The van der Waals surface area contributed by atoms with Gasteiger partial charge in [0, 0.05) is 6.04 Å². The van der Waals surface area contributed by atoms with Crippen molar-refractivity contribution in [2.75, 3.05) is 0 Å². The van der Waals surface area contributed by atoms with Crippen LogP contribution in [0.15, 0.2) is 12.4 Å². The first-order valence-corrected chi connectivity index (χ1v) is 6.13. The van der Waals surface area contributed by atoms with E-state index >= 15 is 0 Å². The highest BCUT2D eigenvalue weighted by Gasteiger charge is 2.16. The minimum atomic E-state index is 0.209. The van der Waals surface area contributed by atoms with Crippen LogP contribution in [0.4, 0.5) is 0 Å². The molecule has 2 aromatic heterocycles. The van der Waals surface area contributed by atoms with Gasteiger partial charge in [-0.2, -0.15) is 10.4 Å². The number of H-pyrrole nitrogens is 1. The Morgan fingerprint density at radius 1 is 1.33 bits per heavy atom. The van der Waals surface area contributed by atoms with Crippen molar-refractivity contribution in [1.29, 1.82) is 5.26 Å². The summed E-state index contributed by atoms with van der Waals surface area (Å²) in [6.07, 6.45) is 3.32. The summed E-state index contributed by atoms with van der Waals surface area (Å²) < 4.78 is 1.82. The zero-order valence-corrected chi connectivity index (χ0v) is 11.5. The number of rotatable bonds is 2. The number of aromatic nitrogens is 4. The number of aryl methyl sites for hydroxylation is 1. The Morgan fingerprint density at radius 3 is 2.44 bits per heavy atom. The van der Waals surface area contributed by atoms with Gasteiger partial charge in [-0.05, 0) is 20.8 Å². The normalized spacial score (nSPS) is 9.83. The summed E-state index contributed by atoms with van der Waals surface area (Å²) in [6.45, 7) is 9.94. The van der Waals surface area contributed by atoms with E-state index < -0.39 is 0 Å². The molecule has 0 radical (unpaired) electrons. The molecule has 0 aliphatic carbocycles. The van der Waals surface area contributed by atoms with Crippen LogP contribution in [0, 0.1) is 18.3 Å². The molecule has 0 amide bonds. The molecule has 1 N–H and O–H groups in total. The summed E-state index contributed by atoms with van der Waals surface area (Å²) >= 11 is 0. The maximum Gasteiger partial charge on any atom is 0.104 e. The first-order chi connectivity index (χ1) is 8.63. The van der Waals surface area contributed by atoms with Crippen molar-refractivity contribution < 1.29 is 0 Å². The van der Waals surface area contributed by atoms with Crippen molar-refractivity contribution >= 4 is 0 Å². The number of nitriles is 1. The Morgan fingerprint density at radius 2 is 2.00 bits per heavy atom. The molecule has 0 aliphatic rings. The van der Waals surface area contributed by atoms with Crippen molar-refractivity contribution in [3.8, 4) is 17.5 Å². The summed E-state index contributed by atoms with van der Waals surface area (Å²) in [5.74, 6) is 0.829. The van der Waals surface area contributed by atoms with Gasteiger partial charge in [0.05, 0.1) is 23.7 Å². The molecular formula is C13H19N5. The standard InChI is InChI=1S/C11H13N5.C2H6/c1-7(2)16-11(9(4-12)5-14-16)10-6-13-8(3)15-10;1-2/h5-7H,1-3H3,(H,13,15);1-2H3. The lowest BCUT2D eigenvalue weighted by atomic mass is 10.2. The van der Waals surface area contributed by atoms with Crippen molar-refractivity contribution in [3.05, 3.63) is 23.8 Å². The smallest absolute Gasteiger partial charge is 0.104 e. The minimum absolute atomic E-state index is 0.209. The molecule has 0 spiro atoms. The van der Waals surface area contributed by atoms with Gasteiger partial charge < -0.3 is 4.98 Å². The number of nitrogens with one attached hydrogen (secondary N) is 1. The highest BCUT2D eigenvalue weighted by molar-refractivity contribution is 5.62.